The first-order valence-electron chi connectivity index (χ1n) is 6.22. The molecular formula is C16H14Br2O4. The Balaban J connectivity index is 0.000000235. The van der Waals surface area contributed by atoms with Gasteiger partial charge in [0.15, 0.2) is 0 Å². The molecule has 0 saturated heterocycles. The van der Waals surface area contributed by atoms with Crippen LogP contribution in [0.25, 0.3) is 0 Å². The molecule has 0 fully saturated rings. The maximum Gasteiger partial charge on any atom is 0.337 e. The van der Waals surface area contributed by atoms with E-state index in [1.165, 1.54) is 33.8 Å². The molecule has 0 aliphatic heterocycles. The van der Waals surface area contributed by atoms with Gasteiger partial charge in [-0.25, -0.2) is 9.59 Å². The predicted molar refractivity (Wildman–Crippen MR) is 91.7 cm³/mol. The molecule has 6 heteroatoms. The van der Waals surface area contributed by atoms with Crippen molar-refractivity contribution in [2.45, 2.75) is 13.8 Å². The standard InChI is InChI=1S/C8H5BrO4.C8H9Br/c9-5-3-1-2-4(7(10)11)6(5)8(12)13;1-6-4-3-5-8(9)7(6)2/h1-3H,(H,10,11)(H,12,13);3-5H,1-2H3. The smallest absolute Gasteiger partial charge is 0.337 e. The van der Waals surface area contributed by atoms with Crippen molar-refractivity contribution in [3.8, 4) is 0 Å². The van der Waals surface area contributed by atoms with Crippen LogP contribution in [0.1, 0.15) is 31.8 Å². The maximum absolute atomic E-state index is 10.7. The summed E-state index contributed by atoms with van der Waals surface area (Å²) in [5, 5.41) is 17.4. The van der Waals surface area contributed by atoms with Gasteiger partial charge in [0, 0.05) is 8.95 Å². The number of carboxylic acids is 2. The van der Waals surface area contributed by atoms with Gasteiger partial charge in [-0.2, -0.15) is 0 Å². The Hall–Kier alpha value is -1.66. The van der Waals surface area contributed by atoms with Crippen LogP contribution in [0.5, 0.6) is 0 Å². The van der Waals surface area contributed by atoms with E-state index in [-0.39, 0.29) is 15.6 Å². The van der Waals surface area contributed by atoms with Crippen LogP contribution in [0, 0.1) is 13.8 Å². The molecule has 0 bridgehead atoms. The molecule has 0 radical (unpaired) electrons. The van der Waals surface area contributed by atoms with Gasteiger partial charge in [0.25, 0.3) is 0 Å². The summed E-state index contributed by atoms with van der Waals surface area (Å²) in [6.45, 7) is 4.22. The van der Waals surface area contributed by atoms with Crippen molar-refractivity contribution < 1.29 is 19.8 Å². The van der Waals surface area contributed by atoms with Gasteiger partial charge in [-0.05, 0) is 59.1 Å². The lowest BCUT2D eigenvalue weighted by Gasteiger charge is -2.02. The summed E-state index contributed by atoms with van der Waals surface area (Å²) in [7, 11) is 0. The van der Waals surface area contributed by atoms with Crippen LogP contribution in [0.15, 0.2) is 45.3 Å². The number of aryl methyl sites for hydroxylation is 1. The lowest BCUT2D eigenvalue weighted by molar-refractivity contribution is 0.0650. The first-order valence-corrected chi connectivity index (χ1v) is 7.81. The molecule has 2 aromatic carbocycles. The van der Waals surface area contributed by atoms with E-state index in [4.69, 9.17) is 10.2 Å². The first-order chi connectivity index (χ1) is 10.3. The topological polar surface area (TPSA) is 74.6 Å². The van der Waals surface area contributed by atoms with E-state index < -0.39 is 11.9 Å². The van der Waals surface area contributed by atoms with Crippen LogP contribution in [0.4, 0.5) is 0 Å². The number of halogens is 2. The average Bonchev–Trinajstić information content (AvgIpc) is 2.44. The number of carboxylic acid groups (broad SMARTS) is 2. The quantitative estimate of drug-likeness (QED) is 0.710. The van der Waals surface area contributed by atoms with Gasteiger partial charge < -0.3 is 10.2 Å². The number of benzene rings is 2. The van der Waals surface area contributed by atoms with Gasteiger partial charge in [0.1, 0.15) is 0 Å². The minimum atomic E-state index is -1.26. The number of hydrogen-bond donors (Lipinski definition) is 2. The predicted octanol–water partition coefficient (Wildman–Crippen LogP) is 4.91. The second kappa shape index (κ2) is 8.10. The van der Waals surface area contributed by atoms with Crippen molar-refractivity contribution in [2.24, 2.45) is 0 Å². The molecule has 0 aliphatic rings. The summed E-state index contributed by atoms with van der Waals surface area (Å²) in [5.74, 6) is -2.51. The van der Waals surface area contributed by atoms with Gasteiger partial charge in [0.05, 0.1) is 11.1 Å². The molecule has 0 amide bonds. The monoisotopic (exact) mass is 428 g/mol. The number of hydrogen-bond acceptors (Lipinski definition) is 2. The molecule has 4 nitrogen and oxygen atoms in total. The van der Waals surface area contributed by atoms with Crippen molar-refractivity contribution in [3.05, 3.63) is 67.6 Å². The fourth-order valence-corrected chi connectivity index (χ4v) is 2.64. The average molecular weight is 430 g/mol. The molecule has 0 atom stereocenters. The van der Waals surface area contributed by atoms with Crippen LogP contribution >= 0.6 is 31.9 Å². The number of rotatable bonds is 2. The van der Waals surface area contributed by atoms with Crippen LogP contribution in [0.3, 0.4) is 0 Å². The minimum Gasteiger partial charge on any atom is -0.478 e. The van der Waals surface area contributed by atoms with Crippen molar-refractivity contribution in [1.82, 2.24) is 0 Å². The van der Waals surface area contributed by atoms with Gasteiger partial charge in [-0.3, -0.25) is 0 Å². The van der Waals surface area contributed by atoms with Crippen molar-refractivity contribution in [3.63, 3.8) is 0 Å². The van der Waals surface area contributed by atoms with E-state index in [9.17, 15) is 9.59 Å². The zero-order chi connectivity index (χ0) is 16.9. The Morgan fingerprint density at radius 3 is 1.82 bits per heavy atom. The molecule has 2 rings (SSSR count). The summed E-state index contributed by atoms with van der Waals surface area (Å²) in [6.07, 6.45) is 0. The molecule has 0 unspecified atom stereocenters. The fraction of sp³-hybridized carbons (Fsp3) is 0.125. The van der Waals surface area contributed by atoms with E-state index >= 15 is 0 Å². The third-order valence-corrected chi connectivity index (χ3v) is 4.52. The molecule has 0 spiro atoms. The Labute approximate surface area is 145 Å². The van der Waals surface area contributed by atoms with Crippen molar-refractivity contribution in [1.29, 1.82) is 0 Å². The van der Waals surface area contributed by atoms with Crippen LogP contribution in [-0.2, 0) is 0 Å². The van der Waals surface area contributed by atoms with Crippen molar-refractivity contribution in [2.75, 3.05) is 0 Å². The number of carbonyl (C=O) groups is 2. The Morgan fingerprint density at radius 2 is 1.41 bits per heavy atom. The van der Waals surface area contributed by atoms with Crippen LogP contribution in [0.2, 0.25) is 0 Å². The molecule has 22 heavy (non-hydrogen) atoms. The van der Waals surface area contributed by atoms with Crippen molar-refractivity contribution >= 4 is 43.8 Å². The van der Waals surface area contributed by atoms with E-state index in [1.54, 1.807) is 0 Å². The molecule has 116 valence electrons. The zero-order valence-electron chi connectivity index (χ0n) is 11.9. The largest absolute Gasteiger partial charge is 0.478 e. The summed E-state index contributed by atoms with van der Waals surface area (Å²) < 4.78 is 1.46. The van der Waals surface area contributed by atoms with E-state index in [0.717, 1.165) is 0 Å². The van der Waals surface area contributed by atoms with Crippen LogP contribution < -0.4 is 0 Å². The Morgan fingerprint density at radius 1 is 0.864 bits per heavy atom. The van der Waals surface area contributed by atoms with Crippen LogP contribution in [-0.4, -0.2) is 22.2 Å². The number of aromatic carboxylic acids is 2. The lowest BCUT2D eigenvalue weighted by Crippen LogP contribution is -2.08. The maximum atomic E-state index is 10.7. The lowest BCUT2D eigenvalue weighted by atomic mass is 10.1. The molecule has 2 aromatic rings. The van der Waals surface area contributed by atoms with E-state index in [1.807, 2.05) is 6.07 Å². The van der Waals surface area contributed by atoms with Gasteiger partial charge in [0.2, 0.25) is 0 Å². The second-order valence-corrected chi connectivity index (χ2v) is 6.16. The second-order valence-electron chi connectivity index (χ2n) is 4.45. The van der Waals surface area contributed by atoms with E-state index in [0.29, 0.717) is 0 Å². The fourth-order valence-electron chi connectivity index (χ4n) is 1.64. The van der Waals surface area contributed by atoms with E-state index in [2.05, 4.69) is 57.8 Å². The summed E-state index contributed by atoms with van der Waals surface area (Å²) in [4.78, 5) is 21.2. The Kier molecular flexibility index (Phi) is 6.77. The Bertz CT molecular complexity index is 691. The third-order valence-electron chi connectivity index (χ3n) is 3.00. The molecule has 2 N–H and O–H groups in total. The summed E-state index contributed by atoms with van der Waals surface area (Å²) in [6, 6.07) is 10.4. The third kappa shape index (κ3) is 4.68. The highest BCUT2D eigenvalue weighted by atomic mass is 79.9. The highest BCUT2D eigenvalue weighted by Crippen LogP contribution is 2.20. The van der Waals surface area contributed by atoms with Gasteiger partial charge >= 0.3 is 11.9 Å². The van der Waals surface area contributed by atoms with Gasteiger partial charge in [-0.15, -0.1) is 0 Å². The summed E-state index contributed by atoms with van der Waals surface area (Å²) >= 11 is 6.42. The SMILES string of the molecule is Cc1cccc(Br)c1C.O=C(O)c1cccc(Br)c1C(=O)O. The molecule has 0 aliphatic carbocycles. The highest BCUT2D eigenvalue weighted by molar-refractivity contribution is 9.10. The highest BCUT2D eigenvalue weighted by Gasteiger charge is 2.18. The molecule has 0 heterocycles. The molecule has 0 aromatic heterocycles. The summed E-state index contributed by atoms with van der Waals surface area (Å²) in [5.41, 5.74) is 2.22. The minimum absolute atomic E-state index is 0.220. The van der Waals surface area contributed by atoms with Gasteiger partial charge in [-0.1, -0.05) is 34.1 Å². The molecular weight excluding hydrogens is 416 g/mol. The molecule has 0 saturated carbocycles. The zero-order valence-corrected chi connectivity index (χ0v) is 15.1. The normalized spacial score (nSPS) is 9.64. The first kappa shape index (κ1) is 18.4.